The minimum absolute atomic E-state index is 0.209. The van der Waals surface area contributed by atoms with Crippen LogP contribution in [0.25, 0.3) is 0 Å². The zero-order valence-corrected chi connectivity index (χ0v) is 13.7. The SMILES string of the molecule is COC(=O)c1cc(OCc2cccc(OC)c2)cc(C(=O)OC)c1. The summed E-state index contributed by atoms with van der Waals surface area (Å²) in [6, 6.07) is 11.8. The van der Waals surface area contributed by atoms with Gasteiger partial charge in [0.05, 0.1) is 32.5 Å². The third-order valence-corrected chi connectivity index (χ3v) is 3.29. The lowest BCUT2D eigenvalue weighted by atomic mass is 10.1. The number of hydrogen-bond donors (Lipinski definition) is 0. The Morgan fingerprint density at radius 1 is 0.833 bits per heavy atom. The van der Waals surface area contributed by atoms with E-state index in [2.05, 4.69) is 9.47 Å². The predicted molar refractivity (Wildman–Crippen MR) is 86.4 cm³/mol. The number of methoxy groups -OCH3 is 3. The Hall–Kier alpha value is -3.02. The highest BCUT2D eigenvalue weighted by Crippen LogP contribution is 2.21. The molecule has 0 atom stereocenters. The minimum atomic E-state index is -0.563. The van der Waals surface area contributed by atoms with Gasteiger partial charge in [-0.3, -0.25) is 0 Å². The highest BCUT2D eigenvalue weighted by atomic mass is 16.5. The largest absolute Gasteiger partial charge is 0.497 e. The van der Waals surface area contributed by atoms with E-state index in [-0.39, 0.29) is 17.7 Å². The summed E-state index contributed by atoms with van der Waals surface area (Å²) in [6.07, 6.45) is 0. The van der Waals surface area contributed by atoms with E-state index in [1.807, 2.05) is 24.3 Å². The molecule has 24 heavy (non-hydrogen) atoms. The summed E-state index contributed by atoms with van der Waals surface area (Å²) in [5, 5.41) is 0. The molecule has 0 spiro atoms. The molecule has 0 saturated heterocycles. The molecule has 0 amide bonds. The molecule has 0 aliphatic heterocycles. The molecule has 0 aromatic heterocycles. The van der Waals surface area contributed by atoms with Gasteiger partial charge in [0, 0.05) is 0 Å². The third-order valence-electron chi connectivity index (χ3n) is 3.29. The van der Waals surface area contributed by atoms with Crippen LogP contribution in [0.5, 0.6) is 11.5 Å². The maximum Gasteiger partial charge on any atom is 0.338 e. The van der Waals surface area contributed by atoms with Crippen molar-refractivity contribution in [3.05, 3.63) is 59.2 Å². The molecule has 2 rings (SSSR count). The van der Waals surface area contributed by atoms with E-state index >= 15 is 0 Å². The second-order valence-electron chi connectivity index (χ2n) is 4.87. The molecule has 0 saturated carbocycles. The first-order chi connectivity index (χ1) is 11.6. The summed E-state index contributed by atoms with van der Waals surface area (Å²) in [5.41, 5.74) is 1.31. The van der Waals surface area contributed by atoms with Gasteiger partial charge in [-0.05, 0) is 35.9 Å². The molecular formula is C18H18O6. The molecule has 0 heterocycles. The van der Waals surface area contributed by atoms with Crippen LogP contribution in [0.15, 0.2) is 42.5 Å². The quantitative estimate of drug-likeness (QED) is 0.759. The number of carbonyl (C=O) groups is 2. The molecule has 0 aliphatic rings. The second kappa shape index (κ2) is 8.01. The van der Waals surface area contributed by atoms with Crippen molar-refractivity contribution < 1.29 is 28.5 Å². The van der Waals surface area contributed by atoms with E-state index in [9.17, 15) is 9.59 Å². The van der Waals surface area contributed by atoms with Gasteiger partial charge in [-0.25, -0.2) is 9.59 Å². The van der Waals surface area contributed by atoms with Crippen molar-refractivity contribution in [2.24, 2.45) is 0 Å². The Balaban J connectivity index is 2.24. The van der Waals surface area contributed by atoms with Gasteiger partial charge in [-0.15, -0.1) is 0 Å². The van der Waals surface area contributed by atoms with Crippen molar-refractivity contribution in [2.75, 3.05) is 21.3 Å². The number of hydrogen-bond acceptors (Lipinski definition) is 6. The van der Waals surface area contributed by atoms with Crippen molar-refractivity contribution in [3.8, 4) is 11.5 Å². The van der Waals surface area contributed by atoms with Gasteiger partial charge in [0.2, 0.25) is 0 Å². The van der Waals surface area contributed by atoms with Crippen molar-refractivity contribution in [1.29, 1.82) is 0 Å². The lowest BCUT2D eigenvalue weighted by Crippen LogP contribution is -2.07. The Kier molecular flexibility index (Phi) is 5.78. The molecule has 0 aliphatic carbocycles. The first kappa shape index (κ1) is 17.3. The maximum atomic E-state index is 11.7. The highest BCUT2D eigenvalue weighted by Gasteiger charge is 2.14. The second-order valence-corrected chi connectivity index (χ2v) is 4.87. The summed E-state index contributed by atoms with van der Waals surface area (Å²) in [5.74, 6) is -0.0465. The molecule has 126 valence electrons. The summed E-state index contributed by atoms with van der Waals surface area (Å²) in [7, 11) is 4.12. The van der Waals surface area contributed by atoms with Crippen LogP contribution in [-0.2, 0) is 16.1 Å². The average molecular weight is 330 g/mol. The van der Waals surface area contributed by atoms with Crippen LogP contribution in [-0.4, -0.2) is 33.3 Å². The minimum Gasteiger partial charge on any atom is -0.497 e. The fourth-order valence-corrected chi connectivity index (χ4v) is 2.08. The van der Waals surface area contributed by atoms with Crippen LogP contribution in [0.4, 0.5) is 0 Å². The van der Waals surface area contributed by atoms with Crippen molar-refractivity contribution >= 4 is 11.9 Å². The number of esters is 2. The van der Waals surface area contributed by atoms with Crippen LogP contribution in [0.3, 0.4) is 0 Å². The molecule has 0 bridgehead atoms. The molecular weight excluding hydrogens is 312 g/mol. The Morgan fingerprint density at radius 3 is 2.00 bits per heavy atom. The van der Waals surface area contributed by atoms with E-state index in [0.717, 1.165) is 11.3 Å². The van der Waals surface area contributed by atoms with Crippen molar-refractivity contribution in [3.63, 3.8) is 0 Å². The zero-order valence-electron chi connectivity index (χ0n) is 13.7. The maximum absolute atomic E-state index is 11.7. The van der Waals surface area contributed by atoms with Crippen molar-refractivity contribution in [1.82, 2.24) is 0 Å². The molecule has 0 radical (unpaired) electrons. The molecule has 6 heteroatoms. The molecule has 0 N–H and O–H groups in total. The topological polar surface area (TPSA) is 71.1 Å². The van der Waals surface area contributed by atoms with Gasteiger partial charge in [-0.1, -0.05) is 12.1 Å². The van der Waals surface area contributed by atoms with Gasteiger partial charge >= 0.3 is 11.9 Å². The lowest BCUT2D eigenvalue weighted by molar-refractivity contribution is 0.0598. The molecule has 0 fully saturated rings. The summed E-state index contributed by atoms with van der Waals surface area (Å²) in [4.78, 5) is 23.5. The normalized spacial score (nSPS) is 9.96. The van der Waals surface area contributed by atoms with E-state index in [4.69, 9.17) is 9.47 Å². The van der Waals surface area contributed by atoms with Crippen LogP contribution in [0.2, 0.25) is 0 Å². The van der Waals surface area contributed by atoms with Crippen LogP contribution >= 0.6 is 0 Å². The first-order valence-electron chi connectivity index (χ1n) is 7.15. The summed E-state index contributed by atoms with van der Waals surface area (Å²) < 4.78 is 20.2. The van der Waals surface area contributed by atoms with Crippen LogP contribution in [0.1, 0.15) is 26.3 Å². The predicted octanol–water partition coefficient (Wildman–Crippen LogP) is 2.85. The van der Waals surface area contributed by atoms with Gasteiger partial charge in [0.15, 0.2) is 0 Å². The number of benzene rings is 2. The highest BCUT2D eigenvalue weighted by molar-refractivity contribution is 5.96. The first-order valence-corrected chi connectivity index (χ1v) is 7.15. The monoisotopic (exact) mass is 330 g/mol. The number of carbonyl (C=O) groups excluding carboxylic acids is 2. The van der Waals surface area contributed by atoms with Gasteiger partial charge in [0.1, 0.15) is 18.1 Å². The Labute approximate surface area is 139 Å². The van der Waals surface area contributed by atoms with Gasteiger partial charge in [0.25, 0.3) is 0 Å². The van der Waals surface area contributed by atoms with Crippen molar-refractivity contribution in [2.45, 2.75) is 6.61 Å². The smallest absolute Gasteiger partial charge is 0.338 e. The lowest BCUT2D eigenvalue weighted by Gasteiger charge is -2.10. The molecule has 2 aromatic rings. The van der Waals surface area contributed by atoms with E-state index in [1.54, 1.807) is 7.11 Å². The standard InChI is InChI=1S/C18H18O6/c1-21-15-6-4-5-12(7-15)11-24-16-9-13(17(19)22-2)8-14(10-16)18(20)23-3/h4-10H,11H2,1-3H3. The van der Waals surface area contributed by atoms with E-state index in [0.29, 0.717) is 5.75 Å². The molecule has 6 nitrogen and oxygen atoms in total. The summed E-state index contributed by atoms with van der Waals surface area (Å²) in [6.45, 7) is 0.252. The molecule has 0 unspecified atom stereocenters. The fourth-order valence-electron chi connectivity index (χ4n) is 2.08. The molecule has 2 aromatic carbocycles. The third kappa shape index (κ3) is 4.25. The van der Waals surface area contributed by atoms with Crippen LogP contribution < -0.4 is 9.47 Å². The van der Waals surface area contributed by atoms with E-state index in [1.165, 1.54) is 32.4 Å². The zero-order chi connectivity index (χ0) is 17.5. The van der Waals surface area contributed by atoms with Gasteiger partial charge < -0.3 is 18.9 Å². The van der Waals surface area contributed by atoms with Gasteiger partial charge in [-0.2, -0.15) is 0 Å². The Morgan fingerprint density at radius 2 is 1.46 bits per heavy atom. The van der Waals surface area contributed by atoms with Crippen LogP contribution in [0, 0.1) is 0 Å². The average Bonchev–Trinajstić information content (AvgIpc) is 2.64. The number of ether oxygens (including phenoxy) is 4. The Bertz CT molecular complexity index is 704. The van der Waals surface area contributed by atoms with E-state index < -0.39 is 11.9 Å². The summed E-state index contributed by atoms with van der Waals surface area (Å²) >= 11 is 0. The fraction of sp³-hybridized carbons (Fsp3) is 0.222. The number of rotatable bonds is 6.